The zero-order valence-corrected chi connectivity index (χ0v) is 12.7. The number of halogens is 3. The lowest BCUT2D eigenvalue weighted by molar-refractivity contribution is -0.0525. The fraction of sp³-hybridized carbons (Fsp3) is 0.462. The van der Waals surface area contributed by atoms with Gasteiger partial charge in [0, 0.05) is 0 Å². The zero-order valence-electron chi connectivity index (χ0n) is 11.9. The molecule has 22 heavy (non-hydrogen) atoms. The first-order valence-corrected chi connectivity index (χ1v) is 7.84. The molecule has 0 aliphatic rings. The van der Waals surface area contributed by atoms with Crippen LogP contribution in [0.3, 0.4) is 0 Å². The minimum Gasteiger partial charge on any atom is -0.490 e. The van der Waals surface area contributed by atoms with Crippen molar-refractivity contribution >= 4 is 16.1 Å². The molecule has 0 N–H and O–H groups in total. The van der Waals surface area contributed by atoms with Crippen molar-refractivity contribution < 1.29 is 35.3 Å². The van der Waals surface area contributed by atoms with Gasteiger partial charge in [0.1, 0.15) is 11.3 Å². The third-order valence-electron chi connectivity index (χ3n) is 2.78. The molecule has 0 bridgehead atoms. The van der Waals surface area contributed by atoms with Crippen molar-refractivity contribution in [3.05, 3.63) is 29.8 Å². The van der Waals surface area contributed by atoms with Crippen LogP contribution in [0.15, 0.2) is 24.3 Å². The van der Waals surface area contributed by atoms with Crippen LogP contribution in [0.4, 0.5) is 13.2 Å². The summed E-state index contributed by atoms with van der Waals surface area (Å²) in [5, 5.41) is 0. The van der Waals surface area contributed by atoms with E-state index in [1.165, 1.54) is 18.2 Å². The predicted molar refractivity (Wildman–Crippen MR) is 71.8 cm³/mol. The molecule has 0 spiro atoms. The molecule has 0 radical (unpaired) electrons. The first-order valence-electron chi connectivity index (χ1n) is 6.43. The molecule has 0 unspecified atom stereocenters. The van der Waals surface area contributed by atoms with Gasteiger partial charge in [0.2, 0.25) is 0 Å². The second kappa shape index (κ2) is 6.99. The van der Waals surface area contributed by atoms with Gasteiger partial charge >= 0.3 is 21.6 Å². The van der Waals surface area contributed by atoms with Gasteiger partial charge < -0.3 is 8.92 Å². The highest BCUT2D eigenvalue weighted by molar-refractivity contribution is 7.88. The summed E-state index contributed by atoms with van der Waals surface area (Å²) >= 11 is 0. The standard InChI is InChI=1S/C13H15F3O5S/c1-3-9(4-2)20-11-8-6-5-7-10(11)12(17)21-22(18,19)13(14,15)16/h5-9H,3-4H2,1-2H3. The van der Waals surface area contributed by atoms with Crippen molar-refractivity contribution in [2.45, 2.75) is 38.3 Å². The lowest BCUT2D eigenvalue weighted by atomic mass is 10.2. The van der Waals surface area contributed by atoms with Gasteiger partial charge in [-0.3, -0.25) is 0 Å². The van der Waals surface area contributed by atoms with Crippen LogP contribution in [-0.4, -0.2) is 26.0 Å². The second-order valence-electron chi connectivity index (χ2n) is 4.32. The van der Waals surface area contributed by atoms with Crippen molar-refractivity contribution in [3.63, 3.8) is 0 Å². The second-order valence-corrected chi connectivity index (χ2v) is 5.86. The maximum Gasteiger partial charge on any atom is 0.534 e. The lowest BCUT2D eigenvalue weighted by Crippen LogP contribution is -2.28. The van der Waals surface area contributed by atoms with E-state index in [-0.39, 0.29) is 17.4 Å². The molecule has 0 aliphatic heterocycles. The quantitative estimate of drug-likeness (QED) is 0.587. The molecule has 5 nitrogen and oxygen atoms in total. The van der Waals surface area contributed by atoms with E-state index in [0.717, 1.165) is 6.07 Å². The maximum atomic E-state index is 12.2. The van der Waals surface area contributed by atoms with Gasteiger partial charge in [-0.15, -0.1) is 0 Å². The summed E-state index contributed by atoms with van der Waals surface area (Å²) in [6.45, 7) is 3.67. The molecule has 1 aromatic carbocycles. The highest BCUT2D eigenvalue weighted by Gasteiger charge is 2.49. The third-order valence-corrected chi connectivity index (χ3v) is 3.72. The number of carbonyl (C=O) groups is 1. The molecule has 0 atom stereocenters. The number of hydrogen-bond acceptors (Lipinski definition) is 5. The topological polar surface area (TPSA) is 69.7 Å². The van der Waals surface area contributed by atoms with Gasteiger partial charge in [0.25, 0.3) is 0 Å². The average Bonchev–Trinajstić information content (AvgIpc) is 2.43. The van der Waals surface area contributed by atoms with Crippen LogP contribution < -0.4 is 4.74 Å². The van der Waals surface area contributed by atoms with Crippen molar-refractivity contribution in [3.8, 4) is 5.75 Å². The van der Waals surface area contributed by atoms with Gasteiger partial charge in [-0.2, -0.15) is 21.6 Å². The SMILES string of the molecule is CCC(CC)Oc1ccccc1C(=O)OS(=O)(=O)C(F)(F)F. The van der Waals surface area contributed by atoms with Crippen LogP contribution in [-0.2, 0) is 14.3 Å². The molecule has 0 amide bonds. The summed E-state index contributed by atoms with van der Waals surface area (Å²) in [7, 11) is -6.01. The Bertz CT molecular complexity index is 621. The van der Waals surface area contributed by atoms with E-state index in [1.54, 1.807) is 0 Å². The summed E-state index contributed by atoms with van der Waals surface area (Å²) in [6, 6.07) is 5.35. The lowest BCUT2D eigenvalue weighted by Gasteiger charge is -2.17. The van der Waals surface area contributed by atoms with Crippen LogP contribution in [0.5, 0.6) is 5.75 Å². The third kappa shape index (κ3) is 4.36. The first-order chi connectivity index (χ1) is 10.1. The van der Waals surface area contributed by atoms with E-state index in [1.807, 2.05) is 13.8 Å². The van der Waals surface area contributed by atoms with Gasteiger partial charge in [0.15, 0.2) is 0 Å². The first kappa shape index (κ1) is 18.3. The molecule has 1 rings (SSSR count). The number of benzene rings is 1. The molecule has 0 saturated heterocycles. The fourth-order valence-electron chi connectivity index (χ4n) is 1.56. The molecule has 124 valence electrons. The van der Waals surface area contributed by atoms with Gasteiger partial charge in [-0.1, -0.05) is 26.0 Å². The average molecular weight is 340 g/mol. The van der Waals surface area contributed by atoms with Crippen LogP contribution in [0, 0.1) is 0 Å². The summed E-state index contributed by atoms with van der Waals surface area (Å²) in [5.74, 6) is -1.67. The number of ether oxygens (including phenoxy) is 1. The van der Waals surface area contributed by atoms with Gasteiger partial charge in [-0.25, -0.2) is 4.79 Å². The Balaban J connectivity index is 3.05. The minimum atomic E-state index is -6.01. The maximum absolute atomic E-state index is 12.2. The summed E-state index contributed by atoms with van der Waals surface area (Å²) in [4.78, 5) is 11.7. The Morgan fingerprint density at radius 2 is 1.73 bits per heavy atom. The van der Waals surface area contributed by atoms with E-state index in [2.05, 4.69) is 4.18 Å². The van der Waals surface area contributed by atoms with Crippen molar-refractivity contribution in [1.82, 2.24) is 0 Å². The van der Waals surface area contributed by atoms with E-state index in [9.17, 15) is 26.4 Å². The molecular formula is C13H15F3O5S. The minimum absolute atomic E-state index is 0.0291. The van der Waals surface area contributed by atoms with Crippen molar-refractivity contribution in [2.24, 2.45) is 0 Å². The Labute approximate surface area is 126 Å². The number of hydrogen-bond donors (Lipinski definition) is 0. The number of carbonyl (C=O) groups excluding carboxylic acids is 1. The van der Waals surface area contributed by atoms with Gasteiger partial charge in [0.05, 0.1) is 6.10 Å². The van der Waals surface area contributed by atoms with E-state index < -0.39 is 21.6 Å². The zero-order chi connectivity index (χ0) is 17.0. The summed E-state index contributed by atoms with van der Waals surface area (Å²) < 4.78 is 67.5. The largest absolute Gasteiger partial charge is 0.534 e. The summed E-state index contributed by atoms with van der Waals surface area (Å²) in [5.41, 5.74) is -6.06. The molecule has 0 fully saturated rings. The highest BCUT2D eigenvalue weighted by Crippen LogP contribution is 2.28. The van der Waals surface area contributed by atoms with Crippen LogP contribution in [0.2, 0.25) is 0 Å². The predicted octanol–water partition coefficient (Wildman–Crippen LogP) is 3.26. The Hall–Kier alpha value is -1.77. The summed E-state index contributed by atoms with van der Waals surface area (Å²) in [6.07, 6.45) is 0.967. The van der Waals surface area contributed by atoms with E-state index in [4.69, 9.17) is 4.74 Å². The monoisotopic (exact) mass is 340 g/mol. The number of alkyl halides is 3. The van der Waals surface area contributed by atoms with Crippen molar-refractivity contribution in [2.75, 3.05) is 0 Å². The van der Waals surface area contributed by atoms with Crippen LogP contribution >= 0.6 is 0 Å². The number of rotatable bonds is 6. The smallest absolute Gasteiger partial charge is 0.490 e. The highest BCUT2D eigenvalue weighted by atomic mass is 32.2. The molecule has 0 aromatic heterocycles. The van der Waals surface area contributed by atoms with E-state index >= 15 is 0 Å². The molecule has 9 heteroatoms. The van der Waals surface area contributed by atoms with Crippen LogP contribution in [0.1, 0.15) is 37.0 Å². The Kier molecular flexibility index (Phi) is 5.81. The normalized spacial score (nSPS) is 12.3. The Morgan fingerprint density at radius 1 is 1.18 bits per heavy atom. The molecule has 0 saturated carbocycles. The fourth-order valence-corrected chi connectivity index (χ4v) is 1.95. The van der Waals surface area contributed by atoms with Crippen LogP contribution in [0.25, 0.3) is 0 Å². The molecular weight excluding hydrogens is 325 g/mol. The molecule has 0 aliphatic carbocycles. The van der Waals surface area contributed by atoms with Gasteiger partial charge in [-0.05, 0) is 25.0 Å². The number of para-hydroxylation sites is 1. The Morgan fingerprint density at radius 3 is 2.23 bits per heavy atom. The molecule has 1 aromatic rings. The van der Waals surface area contributed by atoms with E-state index in [0.29, 0.717) is 12.8 Å². The van der Waals surface area contributed by atoms with Crippen molar-refractivity contribution in [1.29, 1.82) is 0 Å². The molecule has 0 heterocycles.